The molecule has 0 saturated carbocycles. The Balaban J connectivity index is 2.14. The number of alkyl halides is 3. The molecule has 0 radical (unpaired) electrons. The van der Waals surface area contributed by atoms with Gasteiger partial charge in [0, 0.05) is 11.1 Å². The van der Waals surface area contributed by atoms with Gasteiger partial charge in [0.25, 0.3) is 0 Å². The average molecular weight is 411 g/mol. The van der Waals surface area contributed by atoms with E-state index in [-0.39, 0.29) is 16.5 Å². The van der Waals surface area contributed by atoms with Gasteiger partial charge in [0.1, 0.15) is 11.3 Å². The molecule has 0 spiro atoms. The average Bonchev–Trinajstić information content (AvgIpc) is 2.61. The van der Waals surface area contributed by atoms with Gasteiger partial charge < -0.3 is 9.15 Å². The number of benzene rings is 2. The highest BCUT2D eigenvalue weighted by Gasteiger charge is 2.39. The summed E-state index contributed by atoms with van der Waals surface area (Å²) in [7, 11) is 0. The Labute approximate surface area is 164 Å². The molecule has 0 unspecified atom stereocenters. The molecule has 28 heavy (non-hydrogen) atoms. The smallest absolute Gasteiger partial charge is 0.450 e. The van der Waals surface area contributed by atoms with Crippen molar-refractivity contribution in [3.63, 3.8) is 0 Å². The van der Waals surface area contributed by atoms with Crippen molar-refractivity contribution in [1.29, 1.82) is 0 Å². The lowest BCUT2D eigenvalue weighted by atomic mass is 10.0. The molecule has 1 heterocycles. The molecule has 7 heteroatoms. The Morgan fingerprint density at radius 1 is 1.11 bits per heavy atom. The van der Waals surface area contributed by atoms with Gasteiger partial charge in [-0.05, 0) is 42.2 Å². The first-order valence-electron chi connectivity index (χ1n) is 8.73. The standard InChI is InChI=1S/C21H18ClF3O3/c1-12(2)9-10-27-15-7-8-16-17(11-15)28-20(21(23,24)25)18(19(16)26)13-3-5-14(22)6-4-13/h3-8,11-12H,9-10H2,1-2H3. The third-order valence-electron chi connectivity index (χ3n) is 4.22. The van der Waals surface area contributed by atoms with Crippen molar-refractivity contribution in [1.82, 2.24) is 0 Å². The lowest BCUT2D eigenvalue weighted by Gasteiger charge is -2.14. The lowest BCUT2D eigenvalue weighted by Crippen LogP contribution is -2.16. The first kappa shape index (κ1) is 20.3. The minimum Gasteiger partial charge on any atom is -0.493 e. The van der Waals surface area contributed by atoms with E-state index >= 15 is 0 Å². The Kier molecular flexibility index (Phi) is 5.70. The predicted molar refractivity (Wildman–Crippen MR) is 103 cm³/mol. The van der Waals surface area contributed by atoms with Gasteiger partial charge in [0.05, 0.1) is 17.6 Å². The van der Waals surface area contributed by atoms with Crippen LogP contribution < -0.4 is 10.2 Å². The minimum atomic E-state index is -4.84. The fourth-order valence-corrected chi connectivity index (χ4v) is 2.88. The first-order valence-corrected chi connectivity index (χ1v) is 9.11. The van der Waals surface area contributed by atoms with Crippen LogP contribution in [0.5, 0.6) is 5.75 Å². The maximum atomic E-state index is 13.6. The Morgan fingerprint density at radius 3 is 2.39 bits per heavy atom. The third kappa shape index (κ3) is 4.33. The van der Waals surface area contributed by atoms with Gasteiger partial charge >= 0.3 is 6.18 Å². The van der Waals surface area contributed by atoms with E-state index in [0.29, 0.717) is 23.3 Å². The van der Waals surface area contributed by atoms with E-state index in [1.165, 1.54) is 36.4 Å². The van der Waals surface area contributed by atoms with E-state index in [9.17, 15) is 18.0 Å². The number of halogens is 4. The summed E-state index contributed by atoms with van der Waals surface area (Å²) in [6, 6.07) is 9.86. The number of fused-ring (bicyclic) bond motifs is 1. The molecular weight excluding hydrogens is 393 g/mol. The topological polar surface area (TPSA) is 39.4 Å². The molecule has 0 fully saturated rings. The predicted octanol–water partition coefficient (Wildman–Crippen LogP) is 6.56. The highest BCUT2D eigenvalue weighted by Crippen LogP contribution is 2.38. The zero-order chi connectivity index (χ0) is 20.5. The molecule has 0 saturated heterocycles. The summed E-state index contributed by atoms with van der Waals surface area (Å²) in [5.74, 6) is -0.563. The fraction of sp³-hybridized carbons (Fsp3) is 0.286. The van der Waals surface area contributed by atoms with Crippen LogP contribution in [0.3, 0.4) is 0 Å². The molecule has 0 N–H and O–H groups in total. The van der Waals surface area contributed by atoms with Crippen LogP contribution in [0.15, 0.2) is 51.7 Å². The normalized spacial score (nSPS) is 12.0. The summed E-state index contributed by atoms with van der Waals surface area (Å²) >= 11 is 5.80. The van der Waals surface area contributed by atoms with Gasteiger partial charge in [-0.15, -0.1) is 0 Å². The highest BCUT2D eigenvalue weighted by atomic mass is 35.5. The van der Waals surface area contributed by atoms with Crippen LogP contribution in [-0.4, -0.2) is 6.61 Å². The lowest BCUT2D eigenvalue weighted by molar-refractivity contribution is -0.152. The third-order valence-corrected chi connectivity index (χ3v) is 4.47. The van der Waals surface area contributed by atoms with Crippen LogP contribution in [0.25, 0.3) is 22.1 Å². The quantitative estimate of drug-likeness (QED) is 0.478. The highest BCUT2D eigenvalue weighted by molar-refractivity contribution is 6.30. The Bertz CT molecular complexity index is 1040. The van der Waals surface area contributed by atoms with Crippen molar-refractivity contribution in [2.24, 2.45) is 5.92 Å². The fourth-order valence-electron chi connectivity index (χ4n) is 2.75. The zero-order valence-electron chi connectivity index (χ0n) is 15.3. The summed E-state index contributed by atoms with van der Waals surface area (Å²) in [6.07, 6.45) is -4.04. The minimum absolute atomic E-state index is 0.0501. The van der Waals surface area contributed by atoms with E-state index < -0.39 is 22.9 Å². The maximum Gasteiger partial charge on any atom is 0.450 e. The van der Waals surface area contributed by atoms with Crippen molar-refractivity contribution in [2.45, 2.75) is 26.4 Å². The molecule has 3 aromatic rings. The van der Waals surface area contributed by atoms with Crippen LogP contribution >= 0.6 is 11.6 Å². The molecule has 3 rings (SSSR count). The van der Waals surface area contributed by atoms with Gasteiger partial charge in [-0.25, -0.2) is 0 Å². The van der Waals surface area contributed by atoms with Crippen LogP contribution in [0.4, 0.5) is 13.2 Å². The van der Waals surface area contributed by atoms with Crippen LogP contribution in [0, 0.1) is 5.92 Å². The van der Waals surface area contributed by atoms with Crippen LogP contribution in [-0.2, 0) is 6.18 Å². The SMILES string of the molecule is CC(C)CCOc1ccc2c(=O)c(-c3ccc(Cl)cc3)c(C(F)(F)F)oc2c1. The van der Waals surface area contributed by atoms with Crippen molar-refractivity contribution < 1.29 is 22.3 Å². The van der Waals surface area contributed by atoms with Crippen molar-refractivity contribution in [3.8, 4) is 16.9 Å². The molecule has 0 aliphatic heterocycles. The number of hydrogen-bond acceptors (Lipinski definition) is 3. The molecule has 0 bridgehead atoms. The summed E-state index contributed by atoms with van der Waals surface area (Å²) in [5.41, 5.74) is -1.38. The summed E-state index contributed by atoms with van der Waals surface area (Å²) in [5, 5.41) is 0.403. The van der Waals surface area contributed by atoms with E-state index in [1.807, 2.05) is 13.8 Å². The second kappa shape index (κ2) is 7.87. The first-order chi connectivity index (χ1) is 13.2. The molecule has 0 atom stereocenters. The van der Waals surface area contributed by atoms with Gasteiger partial charge in [-0.1, -0.05) is 37.6 Å². The largest absolute Gasteiger partial charge is 0.493 e. The van der Waals surface area contributed by atoms with Crippen molar-refractivity contribution >= 4 is 22.6 Å². The van der Waals surface area contributed by atoms with Crippen LogP contribution in [0.2, 0.25) is 5.02 Å². The molecule has 1 aromatic heterocycles. The van der Waals surface area contributed by atoms with Gasteiger partial charge in [-0.3, -0.25) is 4.79 Å². The molecule has 0 aliphatic carbocycles. The van der Waals surface area contributed by atoms with E-state index in [2.05, 4.69) is 0 Å². The second-order valence-electron chi connectivity index (χ2n) is 6.83. The Morgan fingerprint density at radius 2 is 1.79 bits per heavy atom. The number of ether oxygens (including phenoxy) is 1. The van der Waals surface area contributed by atoms with Gasteiger partial charge in [-0.2, -0.15) is 13.2 Å². The molecule has 148 valence electrons. The number of rotatable bonds is 5. The summed E-state index contributed by atoms with van der Waals surface area (Å²) in [4.78, 5) is 12.9. The van der Waals surface area contributed by atoms with E-state index in [4.69, 9.17) is 20.8 Å². The molecule has 0 amide bonds. The van der Waals surface area contributed by atoms with Crippen molar-refractivity contribution in [2.75, 3.05) is 6.61 Å². The summed E-state index contributed by atoms with van der Waals surface area (Å²) in [6.45, 7) is 4.50. The summed E-state index contributed by atoms with van der Waals surface area (Å²) < 4.78 is 51.6. The monoisotopic (exact) mass is 410 g/mol. The van der Waals surface area contributed by atoms with Gasteiger partial charge in [0.15, 0.2) is 0 Å². The molecule has 2 aromatic carbocycles. The van der Waals surface area contributed by atoms with E-state index in [1.54, 1.807) is 6.07 Å². The Hall–Kier alpha value is -2.47. The van der Waals surface area contributed by atoms with Gasteiger partial charge in [0.2, 0.25) is 11.2 Å². The second-order valence-corrected chi connectivity index (χ2v) is 7.27. The van der Waals surface area contributed by atoms with E-state index in [0.717, 1.165) is 6.42 Å². The number of hydrogen-bond donors (Lipinski definition) is 0. The molecule has 3 nitrogen and oxygen atoms in total. The molecular formula is C21H18ClF3O3. The van der Waals surface area contributed by atoms with Crippen molar-refractivity contribution in [3.05, 3.63) is 63.5 Å². The zero-order valence-corrected chi connectivity index (χ0v) is 16.0. The van der Waals surface area contributed by atoms with Crippen LogP contribution in [0.1, 0.15) is 26.0 Å². The maximum absolute atomic E-state index is 13.6. The molecule has 0 aliphatic rings.